The molecule has 0 amide bonds. The lowest BCUT2D eigenvalue weighted by molar-refractivity contribution is -0.155. The Hall–Kier alpha value is -0.570. The van der Waals surface area contributed by atoms with Crippen molar-refractivity contribution in [3.63, 3.8) is 0 Å². The molecule has 0 saturated heterocycles. The van der Waals surface area contributed by atoms with E-state index in [2.05, 4.69) is 0 Å². The van der Waals surface area contributed by atoms with Crippen molar-refractivity contribution in [3.05, 3.63) is 0 Å². The van der Waals surface area contributed by atoms with E-state index >= 15 is 0 Å². The molecular formula is C9H17NO2. The van der Waals surface area contributed by atoms with E-state index in [9.17, 15) is 4.79 Å². The monoisotopic (exact) mass is 171 g/mol. The van der Waals surface area contributed by atoms with Crippen molar-refractivity contribution in [2.75, 3.05) is 6.54 Å². The normalized spacial score (nSPS) is 20.1. The average molecular weight is 171 g/mol. The number of nitrogens with two attached hydrogens (primary N) is 1. The van der Waals surface area contributed by atoms with Gasteiger partial charge in [0.1, 0.15) is 0 Å². The SMILES string of the molecule is NCCCCC1(C(=O)O)CCC1. The Morgan fingerprint density at radius 1 is 1.42 bits per heavy atom. The zero-order valence-corrected chi connectivity index (χ0v) is 7.38. The van der Waals surface area contributed by atoms with Crippen LogP contribution in [-0.2, 0) is 4.79 Å². The molecule has 1 fully saturated rings. The second-order valence-electron chi connectivity index (χ2n) is 3.68. The van der Waals surface area contributed by atoms with Gasteiger partial charge in [0.15, 0.2) is 0 Å². The van der Waals surface area contributed by atoms with Gasteiger partial charge in [-0.15, -0.1) is 0 Å². The highest BCUT2D eigenvalue weighted by atomic mass is 16.4. The van der Waals surface area contributed by atoms with Gasteiger partial charge in [0.25, 0.3) is 0 Å². The molecule has 1 aliphatic rings. The number of aliphatic carboxylic acids is 1. The Kier molecular flexibility index (Phi) is 3.09. The van der Waals surface area contributed by atoms with Crippen molar-refractivity contribution in [3.8, 4) is 0 Å². The number of rotatable bonds is 5. The predicted molar refractivity (Wildman–Crippen MR) is 46.8 cm³/mol. The van der Waals surface area contributed by atoms with E-state index in [4.69, 9.17) is 10.8 Å². The molecule has 1 aliphatic carbocycles. The topological polar surface area (TPSA) is 63.3 Å². The molecule has 0 atom stereocenters. The van der Waals surface area contributed by atoms with E-state index < -0.39 is 5.97 Å². The Labute approximate surface area is 72.9 Å². The maximum Gasteiger partial charge on any atom is 0.309 e. The summed E-state index contributed by atoms with van der Waals surface area (Å²) in [6, 6.07) is 0. The van der Waals surface area contributed by atoms with Crippen molar-refractivity contribution in [1.82, 2.24) is 0 Å². The van der Waals surface area contributed by atoms with Crippen LogP contribution in [0.4, 0.5) is 0 Å². The highest BCUT2D eigenvalue weighted by Gasteiger charge is 2.43. The molecule has 3 nitrogen and oxygen atoms in total. The van der Waals surface area contributed by atoms with Crippen molar-refractivity contribution in [1.29, 1.82) is 0 Å². The Morgan fingerprint density at radius 2 is 2.08 bits per heavy atom. The Morgan fingerprint density at radius 3 is 2.42 bits per heavy atom. The minimum atomic E-state index is -0.606. The third-order valence-corrected chi connectivity index (χ3v) is 2.87. The molecule has 3 heteroatoms. The number of carboxylic acid groups (broad SMARTS) is 1. The highest BCUT2D eigenvalue weighted by Crippen LogP contribution is 2.45. The van der Waals surface area contributed by atoms with Crippen LogP contribution in [0.3, 0.4) is 0 Å². The first-order valence-electron chi connectivity index (χ1n) is 4.65. The van der Waals surface area contributed by atoms with Crippen LogP contribution in [0, 0.1) is 5.41 Å². The van der Waals surface area contributed by atoms with Crippen molar-refractivity contribution >= 4 is 5.97 Å². The minimum absolute atomic E-state index is 0.366. The van der Waals surface area contributed by atoms with Gasteiger partial charge in [0.05, 0.1) is 5.41 Å². The van der Waals surface area contributed by atoms with E-state index in [-0.39, 0.29) is 5.41 Å². The number of hydrogen-bond acceptors (Lipinski definition) is 2. The molecular weight excluding hydrogens is 154 g/mol. The van der Waals surface area contributed by atoms with Gasteiger partial charge in [-0.1, -0.05) is 12.8 Å². The van der Waals surface area contributed by atoms with Crippen LogP contribution < -0.4 is 5.73 Å². The van der Waals surface area contributed by atoms with Crippen LogP contribution in [0.1, 0.15) is 38.5 Å². The first-order valence-corrected chi connectivity index (χ1v) is 4.65. The van der Waals surface area contributed by atoms with Gasteiger partial charge in [-0.25, -0.2) is 0 Å². The van der Waals surface area contributed by atoms with Gasteiger partial charge >= 0.3 is 5.97 Å². The number of carbonyl (C=O) groups is 1. The molecule has 0 bridgehead atoms. The summed E-state index contributed by atoms with van der Waals surface area (Å²) in [6.07, 6.45) is 5.55. The summed E-state index contributed by atoms with van der Waals surface area (Å²) in [5, 5.41) is 8.95. The smallest absolute Gasteiger partial charge is 0.309 e. The van der Waals surface area contributed by atoms with Crippen molar-refractivity contribution < 1.29 is 9.90 Å². The maximum absolute atomic E-state index is 10.9. The lowest BCUT2D eigenvalue weighted by Gasteiger charge is -2.37. The first-order chi connectivity index (χ1) is 5.71. The van der Waals surface area contributed by atoms with Crippen LogP contribution in [-0.4, -0.2) is 17.6 Å². The van der Waals surface area contributed by atoms with Crippen molar-refractivity contribution in [2.45, 2.75) is 38.5 Å². The quantitative estimate of drug-likeness (QED) is 0.614. The Balaban J connectivity index is 2.30. The van der Waals surface area contributed by atoms with Crippen LogP contribution in [0.5, 0.6) is 0 Å². The Bertz CT molecular complexity index is 164. The molecule has 0 radical (unpaired) electrons. The van der Waals surface area contributed by atoms with Gasteiger partial charge in [0, 0.05) is 0 Å². The summed E-state index contributed by atoms with van der Waals surface area (Å²) < 4.78 is 0. The van der Waals surface area contributed by atoms with E-state index in [0.29, 0.717) is 6.54 Å². The predicted octanol–water partition coefficient (Wildman–Crippen LogP) is 1.37. The molecule has 70 valence electrons. The standard InChI is InChI=1S/C9H17NO2/c10-7-2-1-4-9(8(11)12)5-3-6-9/h1-7,10H2,(H,11,12). The largest absolute Gasteiger partial charge is 0.481 e. The summed E-state index contributed by atoms with van der Waals surface area (Å²) in [4.78, 5) is 10.9. The van der Waals surface area contributed by atoms with Crippen LogP contribution >= 0.6 is 0 Å². The number of carboxylic acids is 1. The van der Waals surface area contributed by atoms with Gasteiger partial charge in [-0.2, -0.15) is 0 Å². The summed E-state index contributed by atoms with van der Waals surface area (Å²) in [5.41, 5.74) is 4.98. The fraction of sp³-hybridized carbons (Fsp3) is 0.889. The van der Waals surface area contributed by atoms with E-state index in [1.807, 2.05) is 0 Å². The summed E-state index contributed by atoms with van der Waals surface area (Å²) in [7, 11) is 0. The van der Waals surface area contributed by atoms with E-state index in [0.717, 1.165) is 38.5 Å². The average Bonchev–Trinajstić information content (AvgIpc) is 1.94. The molecule has 12 heavy (non-hydrogen) atoms. The molecule has 0 unspecified atom stereocenters. The minimum Gasteiger partial charge on any atom is -0.481 e. The fourth-order valence-corrected chi connectivity index (χ4v) is 1.78. The molecule has 0 spiro atoms. The van der Waals surface area contributed by atoms with Gasteiger partial charge in [0.2, 0.25) is 0 Å². The highest BCUT2D eigenvalue weighted by molar-refractivity contribution is 5.75. The molecule has 0 aromatic rings. The number of hydrogen-bond donors (Lipinski definition) is 2. The third kappa shape index (κ3) is 1.78. The molecule has 0 aliphatic heterocycles. The molecule has 1 saturated carbocycles. The lowest BCUT2D eigenvalue weighted by atomic mass is 9.66. The fourth-order valence-electron chi connectivity index (χ4n) is 1.78. The van der Waals surface area contributed by atoms with E-state index in [1.165, 1.54) is 0 Å². The van der Waals surface area contributed by atoms with Crippen molar-refractivity contribution in [2.24, 2.45) is 11.1 Å². The maximum atomic E-state index is 10.9. The van der Waals surface area contributed by atoms with Gasteiger partial charge in [-0.3, -0.25) is 4.79 Å². The van der Waals surface area contributed by atoms with E-state index in [1.54, 1.807) is 0 Å². The van der Waals surface area contributed by atoms with Gasteiger partial charge < -0.3 is 10.8 Å². The summed E-state index contributed by atoms with van der Waals surface area (Å²) >= 11 is 0. The second-order valence-corrected chi connectivity index (χ2v) is 3.68. The summed E-state index contributed by atoms with van der Waals surface area (Å²) in [5.74, 6) is -0.606. The summed E-state index contributed by atoms with van der Waals surface area (Å²) in [6.45, 7) is 0.676. The molecule has 0 heterocycles. The second kappa shape index (κ2) is 3.90. The van der Waals surface area contributed by atoms with Crippen LogP contribution in [0.15, 0.2) is 0 Å². The molecule has 0 aromatic heterocycles. The molecule has 3 N–H and O–H groups in total. The van der Waals surface area contributed by atoms with Crippen LogP contribution in [0.25, 0.3) is 0 Å². The lowest BCUT2D eigenvalue weighted by Crippen LogP contribution is -2.37. The van der Waals surface area contributed by atoms with Crippen LogP contribution in [0.2, 0.25) is 0 Å². The molecule has 0 aromatic carbocycles. The molecule has 1 rings (SSSR count). The zero-order valence-electron chi connectivity index (χ0n) is 7.38. The van der Waals surface area contributed by atoms with Gasteiger partial charge in [-0.05, 0) is 32.2 Å². The third-order valence-electron chi connectivity index (χ3n) is 2.87. The first kappa shape index (κ1) is 9.52. The number of unbranched alkanes of at least 4 members (excludes halogenated alkanes) is 1. The zero-order chi connectivity index (χ0) is 9.03.